The minimum Gasteiger partial charge on any atom is -0.506 e. The van der Waals surface area contributed by atoms with Crippen molar-refractivity contribution in [1.82, 2.24) is 4.90 Å². The fourth-order valence-corrected chi connectivity index (χ4v) is 4.45. The van der Waals surface area contributed by atoms with E-state index in [0.29, 0.717) is 49.7 Å². The van der Waals surface area contributed by atoms with Crippen LogP contribution in [0.15, 0.2) is 78.9 Å². The van der Waals surface area contributed by atoms with Crippen LogP contribution >= 0.6 is 0 Å². The Bertz CT molecular complexity index is 1140. The molecule has 4 rings (SSSR count). The van der Waals surface area contributed by atoms with E-state index in [1.54, 1.807) is 24.3 Å². The monoisotopic (exact) mass is 473 g/mol. The van der Waals surface area contributed by atoms with Crippen molar-refractivity contribution < 1.29 is 19.4 Å². The van der Waals surface area contributed by atoms with Gasteiger partial charge in [0.1, 0.15) is 17.5 Å². The molecule has 7 nitrogen and oxygen atoms in total. The Kier molecular flexibility index (Phi) is 8.00. The molecule has 0 unspecified atom stereocenters. The third-order valence-electron chi connectivity index (χ3n) is 6.24. The lowest BCUT2D eigenvalue weighted by atomic mass is 9.93. The lowest BCUT2D eigenvalue weighted by Gasteiger charge is -2.36. The predicted molar refractivity (Wildman–Crippen MR) is 136 cm³/mol. The van der Waals surface area contributed by atoms with Crippen molar-refractivity contribution in [3.8, 4) is 11.5 Å². The Labute approximate surface area is 205 Å². The Morgan fingerprint density at radius 3 is 2.23 bits per heavy atom. The fraction of sp³-hybridized carbons (Fsp3) is 0.286. The zero-order valence-corrected chi connectivity index (χ0v) is 19.8. The number of phenolic OH excluding ortho intramolecular Hbond substituents is 1. The van der Waals surface area contributed by atoms with Crippen molar-refractivity contribution >= 4 is 23.2 Å². The molecule has 0 saturated carbocycles. The number of likely N-dealkylation sites (tertiary alicyclic amines) is 1. The van der Waals surface area contributed by atoms with Gasteiger partial charge in [-0.2, -0.15) is 0 Å². The van der Waals surface area contributed by atoms with E-state index >= 15 is 0 Å². The van der Waals surface area contributed by atoms with Crippen LogP contribution in [0.2, 0.25) is 0 Å². The van der Waals surface area contributed by atoms with Crippen LogP contribution in [0.3, 0.4) is 0 Å². The molecule has 35 heavy (non-hydrogen) atoms. The van der Waals surface area contributed by atoms with Gasteiger partial charge in [-0.1, -0.05) is 54.6 Å². The minimum atomic E-state index is -0.493. The molecule has 0 aromatic heterocycles. The number of carbonyl (C=O) groups is 2. The standard InChI is InChI=1S/C28H31N3O4/c1-2-35-25-15-9-7-13-23(25)30-28(34)26(20-10-4-3-5-11-20)31-18-16-21(17-19-31)27(33)29-22-12-6-8-14-24(22)32/h3-15,21,26,32H,2,16-19H2,1H3,(H,29,33)(H,30,34)/t26-/m0/s1. The molecule has 1 heterocycles. The highest BCUT2D eigenvalue weighted by Crippen LogP contribution is 2.31. The van der Waals surface area contributed by atoms with Crippen LogP contribution in [-0.2, 0) is 9.59 Å². The fourth-order valence-electron chi connectivity index (χ4n) is 4.45. The summed E-state index contributed by atoms with van der Waals surface area (Å²) in [7, 11) is 0. The number of hydrogen-bond donors (Lipinski definition) is 3. The topological polar surface area (TPSA) is 90.9 Å². The highest BCUT2D eigenvalue weighted by Gasteiger charge is 2.33. The Morgan fingerprint density at radius 2 is 1.54 bits per heavy atom. The summed E-state index contributed by atoms with van der Waals surface area (Å²) >= 11 is 0. The van der Waals surface area contributed by atoms with Crippen LogP contribution in [0.4, 0.5) is 11.4 Å². The largest absolute Gasteiger partial charge is 0.506 e. The first-order valence-electron chi connectivity index (χ1n) is 12.0. The first kappa shape index (κ1) is 24.3. The molecule has 7 heteroatoms. The van der Waals surface area contributed by atoms with Crippen LogP contribution in [0.5, 0.6) is 11.5 Å². The number of nitrogens with zero attached hydrogens (tertiary/aromatic N) is 1. The summed E-state index contributed by atoms with van der Waals surface area (Å²) in [6.07, 6.45) is 1.23. The predicted octanol–water partition coefficient (Wildman–Crippen LogP) is 4.82. The molecule has 1 aliphatic rings. The normalized spacial score (nSPS) is 15.2. The van der Waals surface area contributed by atoms with E-state index in [9.17, 15) is 14.7 Å². The molecule has 0 bridgehead atoms. The van der Waals surface area contributed by atoms with Crippen LogP contribution < -0.4 is 15.4 Å². The lowest BCUT2D eigenvalue weighted by molar-refractivity contribution is -0.124. The van der Waals surface area contributed by atoms with E-state index < -0.39 is 6.04 Å². The van der Waals surface area contributed by atoms with Gasteiger partial charge in [-0.25, -0.2) is 0 Å². The molecular weight excluding hydrogens is 442 g/mol. The summed E-state index contributed by atoms with van der Waals surface area (Å²) in [6, 6.07) is 23.3. The number of ether oxygens (including phenoxy) is 1. The molecule has 0 aliphatic carbocycles. The van der Waals surface area contributed by atoms with E-state index in [1.165, 1.54) is 0 Å². The highest BCUT2D eigenvalue weighted by molar-refractivity contribution is 5.97. The van der Waals surface area contributed by atoms with Crippen molar-refractivity contribution in [2.75, 3.05) is 30.3 Å². The summed E-state index contributed by atoms with van der Waals surface area (Å²) in [6.45, 7) is 3.61. The van der Waals surface area contributed by atoms with E-state index in [-0.39, 0.29) is 23.5 Å². The molecule has 2 amide bonds. The van der Waals surface area contributed by atoms with Gasteiger partial charge in [-0.05, 0) is 62.7 Å². The number of para-hydroxylation sites is 4. The Morgan fingerprint density at radius 1 is 0.914 bits per heavy atom. The molecule has 3 N–H and O–H groups in total. The molecule has 1 saturated heterocycles. The summed E-state index contributed by atoms with van der Waals surface area (Å²) in [5, 5.41) is 15.8. The second kappa shape index (κ2) is 11.5. The number of piperidine rings is 1. The number of amides is 2. The number of hydrogen-bond acceptors (Lipinski definition) is 5. The van der Waals surface area contributed by atoms with Crippen molar-refractivity contribution in [2.45, 2.75) is 25.8 Å². The van der Waals surface area contributed by atoms with E-state index in [2.05, 4.69) is 15.5 Å². The van der Waals surface area contributed by atoms with Crippen molar-refractivity contribution in [3.05, 3.63) is 84.4 Å². The van der Waals surface area contributed by atoms with Crippen molar-refractivity contribution in [1.29, 1.82) is 0 Å². The van der Waals surface area contributed by atoms with Crippen molar-refractivity contribution in [2.24, 2.45) is 5.92 Å². The number of rotatable bonds is 8. The van der Waals surface area contributed by atoms with Gasteiger partial charge in [-0.15, -0.1) is 0 Å². The van der Waals surface area contributed by atoms with Gasteiger partial charge in [0, 0.05) is 5.92 Å². The summed E-state index contributed by atoms with van der Waals surface area (Å²) in [5.74, 6) is 0.239. The number of nitrogens with one attached hydrogen (secondary N) is 2. The van der Waals surface area contributed by atoms with Gasteiger partial charge in [0.15, 0.2) is 0 Å². The maximum Gasteiger partial charge on any atom is 0.246 e. The molecule has 3 aromatic carbocycles. The van der Waals surface area contributed by atoms with E-state index in [1.807, 2.05) is 61.5 Å². The summed E-state index contributed by atoms with van der Waals surface area (Å²) in [4.78, 5) is 28.5. The van der Waals surface area contributed by atoms with Crippen molar-refractivity contribution in [3.63, 3.8) is 0 Å². The number of benzene rings is 3. The first-order valence-corrected chi connectivity index (χ1v) is 12.0. The van der Waals surface area contributed by atoms with Gasteiger partial charge in [0.05, 0.1) is 18.0 Å². The molecule has 1 aliphatic heterocycles. The summed E-state index contributed by atoms with van der Waals surface area (Å²) in [5.41, 5.74) is 1.95. The third-order valence-corrected chi connectivity index (χ3v) is 6.24. The maximum atomic E-state index is 13.5. The number of aromatic hydroxyl groups is 1. The average molecular weight is 474 g/mol. The van der Waals surface area contributed by atoms with Crippen LogP contribution in [0.25, 0.3) is 0 Å². The minimum absolute atomic E-state index is 0.0476. The quantitative estimate of drug-likeness (QED) is 0.408. The Balaban J connectivity index is 1.46. The molecule has 0 radical (unpaired) electrons. The smallest absolute Gasteiger partial charge is 0.246 e. The first-order chi connectivity index (χ1) is 17.1. The zero-order valence-electron chi connectivity index (χ0n) is 19.8. The van der Waals surface area contributed by atoms with E-state index in [4.69, 9.17) is 4.74 Å². The maximum absolute atomic E-state index is 13.5. The second-order valence-electron chi connectivity index (χ2n) is 8.55. The molecule has 1 atom stereocenters. The molecule has 3 aromatic rings. The van der Waals surface area contributed by atoms with Crippen LogP contribution in [0.1, 0.15) is 31.4 Å². The van der Waals surface area contributed by atoms with Gasteiger partial charge in [0.25, 0.3) is 0 Å². The van der Waals surface area contributed by atoms with Gasteiger partial charge < -0.3 is 20.5 Å². The molecule has 182 valence electrons. The molecule has 0 spiro atoms. The number of carbonyl (C=O) groups excluding carboxylic acids is 2. The number of anilines is 2. The molecule has 1 fully saturated rings. The SMILES string of the molecule is CCOc1ccccc1NC(=O)[C@H](c1ccccc1)N1CCC(C(=O)Nc2ccccc2O)CC1. The third kappa shape index (κ3) is 6.00. The number of phenols is 1. The van der Waals surface area contributed by atoms with Crippen LogP contribution in [-0.4, -0.2) is 41.5 Å². The zero-order chi connectivity index (χ0) is 24.6. The van der Waals surface area contributed by atoms with Crippen LogP contribution in [0, 0.1) is 5.92 Å². The Hall–Kier alpha value is -3.84. The highest BCUT2D eigenvalue weighted by atomic mass is 16.5. The van der Waals surface area contributed by atoms with Gasteiger partial charge >= 0.3 is 0 Å². The summed E-state index contributed by atoms with van der Waals surface area (Å²) < 4.78 is 5.68. The van der Waals surface area contributed by atoms with E-state index in [0.717, 1.165) is 5.56 Å². The van der Waals surface area contributed by atoms with Gasteiger partial charge in [0.2, 0.25) is 11.8 Å². The average Bonchev–Trinajstić information content (AvgIpc) is 2.88. The van der Waals surface area contributed by atoms with Gasteiger partial charge in [-0.3, -0.25) is 14.5 Å². The second-order valence-corrected chi connectivity index (χ2v) is 8.55. The molecular formula is C28H31N3O4. The lowest BCUT2D eigenvalue weighted by Crippen LogP contribution is -2.44.